The van der Waals surface area contributed by atoms with Gasteiger partial charge in [0.05, 0.1) is 17.8 Å². The summed E-state index contributed by atoms with van der Waals surface area (Å²) in [5.41, 5.74) is 3.53. The van der Waals surface area contributed by atoms with Gasteiger partial charge in [0.1, 0.15) is 5.75 Å². The van der Waals surface area contributed by atoms with Crippen LogP contribution in [0.1, 0.15) is 16.1 Å². The molecule has 0 bridgehead atoms. The molecule has 0 spiro atoms. The maximum atomic E-state index is 11.8. The van der Waals surface area contributed by atoms with Crippen LogP contribution in [0, 0.1) is 0 Å². The lowest BCUT2D eigenvalue weighted by Crippen LogP contribution is -2.18. The van der Waals surface area contributed by atoms with Crippen LogP contribution in [0.3, 0.4) is 0 Å². The number of nitrogens with one attached hydrogen (secondary N) is 1. The van der Waals surface area contributed by atoms with Gasteiger partial charge in [-0.2, -0.15) is 10.2 Å². The first-order valence-electron chi connectivity index (χ1n) is 5.77. The van der Waals surface area contributed by atoms with Gasteiger partial charge >= 0.3 is 0 Å². The molecule has 0 aliphatic heterocycles. The molecule has 1 amide bonds. The Balaban J connectivity index is 2.02. The Kier molecular flexibility index (Phi) is 4.52. The standard InChI is InChI=1S/C13H13BrN4O2/c1-18-8-11(14)12(17-18)13(19)16-15-7-9-4-3-5-10(6-9)20-2/h3-8H,1-2H3,(H,16,19)/b15-7-. The molecule has 0 radical (unpaired) electrons. The molecule has 1 aromatic carbocycles. The Morgan fingerprint density at radius 2 is 2.35 bits per heavy atom. The van der Waals surface area contributed by atoms with E-state index < -0.39 is 0 Å². The van der Waals surface area contributed by atoms with Crippen molar-refractivity contribution in [2.75, 3.05) is 7.11 Å². The highest BCUT2D eigenvalue weighted by atomic mass is 79.9. The third-order valence-electron chi connectivity index (χ3n) is 2.47. The summed E-state index contributed by atoms with van der Waals surface area (Å²) in [6.45, 7) is 0. The van der Waals surface area contributed by atoms with Crippen LogP contribution in [0.5, 0.6) is 5.75 Å². The van der Waals surface area contributed by atoms with Crippen molar-refractivity contribution in [3.8, 4) is 5.75 Å². The number of halogens is 1. The van der Waals surface area contributed by atoms with E-state index in [1.165, 1.54) is 6.21 Å². The minimum atomic E-state index is -0.378. The van der Waals surface area contributed by atoms with Crippen molar-refractivity contribution in [1.29, 1.82) is 0 Å². The van der Waals surface area contributed by atoms with Crippen LogP contribution >= 0.6 is 15.9 Å². The van der Waals surface area contributed by atoms with Crippen LogP contribution in [0.2, 0.25) is 0 Å². The van der Waals surface area contributed by atoms with E-state index in [1.54, 1.807) is 25.0 Å². The zero-order valence-electron chi connectivity index (χ0n) is 11.0. The lowest BCUT2D eigenvalue weighted by molar-refractivity contribution is 0.0948. The minimum Gasteiger partial charge on any atom is -0.497 e. The fraction of sp³-hybridized carbons (Fsp3) is 0.154. The molecule has 0 aliphatic rings. The number of methoxy groups -OCH3 is 1. The summed E-state index contributed by atoms with van der Waals surface area (Å²) < 4.78 is 7.27. The topological polar surface area (TPSA) is 68.5 Å². The molecular formula is C13H13BrN4O2. The van der Waals surface area contributed by atoms with Gasteiger partial charge in [-0.1, -0.05) is 12.1 Å². The number of carbonyl (C=O) groups excluding carboxylic acids is 1. The number of ether oxygens (including phenoxy) is 1. The van der Waals surface area contributed by atoms with Crippen LogP contribution in [-0.4, -0.2) is 29.0 Å². The Bertz CT molecular complexity index is 652. The molecule has 1 aromatic heterocycles. The summed E-state index contributed by atoms with van der Waals surface area (Å²) in [7, 11) is 3.33. The number of nitrogens with zero attached hydrogens (tertiary/aromatic N) is 3. The first-order valence-corrected chi connectivity index (χ1v) is 6.56. The fourth-order valence-corrected chi connectivity index (χ4v) is 2.11. The number of aryl methyl sites for hydroxylation is 1. The maximum Gasteiger partial charge on any atom is 0.293 e. The highest BCUT2D eigenvalue weighted by Crippen LogP contribution is 2.14. The van der Waals surface area contributed by atoms with Gasteiger partial charge < -0.3 is 4.74 Å². The Hall–Kier alpha value is -2.15. The summed E-state index contributed by atoms with van der Waals surface area (Å²) in [6.07, 6.45) is 3.23. The second-order valence-electron chi connectivity index (χ2n) is 3.98. The second-order valence-corrected chi connectivity index (χ2v) is 4.83. The SMILES string of the molecule is COc1cccc(/C=N\NC(=O)c2nn(C)cc2Br)c1. The molecule has 1 N–H and O–H groups in total. The zero-order chi connectivity index (χ0) is 14.5. The number of hydrogen-bond acceptors (Lipinski definition) is 4. The molecule has 0 aliphatic carbocycles. The van der Waals surface area contributed by atoms with Crippen LogP contribution in [0.25, 0.3) is 0 Å². The quantitative estimate of drug-likeness (QED) is 0.685. The molecule has 0 unspecified atom stereocenters. The first-order chi connectivity index (χ1) is 9.60. The average molecular weight is 337 g/mol. The summed E-state index contributed by atoms with van der Waals surface area (Å²) in [5, 5.41) is 7.92. The van der Waals surface area contributed by atoms with Crippen molar-refractivity contribution in [3.63, 3.8) is 0 Å². The average Bonchev–Trinajstić information content (AvgIpc) is 2.78. The zero-order valence-corrected chi connectivity index (χ0v) is 12.6. The van der Waals surface area contributed by atoms with E-state index in [-0.39, 0.29) is 11.6 Å². The van der Waals surface area contributed by atoms with Gasteiger partial charge in [0.25, 0.3) is 5.91 Å². The van der Waals surface area contributed by atoms with Gasteiger partial charge in [-0.05, 0) is 33.6 Å². The van der Waals surface area contributed by atoms with Crippen molar-refractivity contribution in [2.45, 2.75) is 0 Å². The van der Waals surface area contributed by atoms with Crippen LogP contribution < -0.4 is 10.2 Å². The Labute approximate surface area is 124 Å². The molecule has 0 saturated heterocycles. The Morgan fingerprint density at radius 1 is 1.55 bits per heavy atom. The van der Waals surface area contributed by atoms with E-state index in [2.05, 4.69) is 31.6 Å². The molecule has 2 rings (SSSR count). The summed E-state index contributed by atoms with van der Waals surface area (Å²) in [5.74, 6) is 0.351. The summed E-state index contributed by atoms with van der Waals surface area (Å²) in [4.78, 5) is 11.8. The van der Waals surface area contributed by atoms with E-state index in [4.69, 9.17) is 4.74 Å². The van der Waals surface area contributed by atoms with Gasteiger partial charge in [-0.15, -0.1) is 0 Å². The number of carbonyl (C=O) groups is 1. The molecule has 0 fully saturated rings. The molecule has 104 valence electrons. The van der Waals surface area contributed by atoms with Crippen molar-refractivity contribution in [1.82, 2.24) is 15.2 Å². The monoisotopic (exact) mass is 336 g/mol. The highest BCUT2D eigenvalue weighted by molar-refractivity contribution is 9.10. The number of aromatic nitrogens is 2. The molecule has 0 saturated carbocycles. The van der Waals surface area contributed by atoms with E-state index in [1.807, 2.05) is 24.3 Å². The van der Waals surface area contributed by atoms with Gasteiger partial charge in [0.2, 0.25) is 0 Å². The van der Waals surface area contributed by atoms with Crippen molar-refractivity contribution < 1.29 is 9.53 Å². The minimum absolute atomic E-state index is 0.287. The number of benzene rings is 1. The lowest BCUT2D eigenvalue weighted by Gasteiger charge is -2.00. The number of hydrazone groups is 1. The molecule has 0 atom stereocenters. The van der Waals surface area contributed by atoms with Gasteiger partial charge in [0, 0.05) is 13.2 Å². The van der Waals surface area contributed by atoms with Gasteiger partial charge in [-0.25, -0.2) is 5.43 Å². The molecule has 2 aromatic rings. The first kappa shape index (κ1) is 14.3. The predicted molar refractivity (Wildman–Crippen MR) is 79.0 cm³/mol. The van der Waals surface area contributed by atoms with Crippen LogP contribution in [0.4, 0.5) is 0 Å². The van der Waals surface area contributed by atoms with Crippen molar-refractivity contribution in [2.24, 2.45) is 12.1 Å². The Morgan fingerprint density at radius 3 is 3.00 bits per heavy atom. The van der Waals surface area contributed by atoms with Crippen molar-refractivity contribution in [3.05, 3.63) is 46.2 Å². The molecule has 6 nitrogen and oxygen atoms in total. The predicted octanol–water partition coefficient (Wildman–Crippen LogP) is 1.96. The van der Waals surface area contributed by atoms with Crippen LogP contribution in [-0.2, 0) is 7.05 Å². The normalized spacial score (nSPS) is 10.8. The molecule has 20 heavy (non-hydrogen) atoms. The summed E-state index contributed by atoms with van der Waals surface area (Å²) >= 11 is 3.26. The maximum absolute atomic E-state index is 11.8. The number of rotatable bonds is 4. The second kappa shape index (κ2) is 6.33. The number of hydrogen-bond donors (Lipinski definition) is 1. The van der Waals surface area contributed by atoms with Gasteiger partial charge in [0.15, 0.2) is 5.69 Å². The third-order valence-corrected chi connectivity index (χ3v) is 3.05. The van der Waals surface area contributed by atoms with E-state index in [9.17, 15) is 4.79 Å². The highest BCUT2D eigenvalue weighted by Gasteiger charge is 2.13. The van der Waals surface area contributed by atoms with Crippen molar-refractivity contribution >= 4 is 28.1 Å². The largest absolute Gasteiger partial charge is 0.497 e. The van der Waals surface area contributed by atoms with E-state index >= 15 is 0 Å². The van der Waals surface area contributed by atoms with Gasteiger partial charge in [-0.3, -0.25) is 9.48 Å². The van der Waals surface area contributed by atoms with E-state index in [0.717, 1.165) is 11.3 Å². The van der Waals surface area contributed by atoms with E-state index in [0.29, 0.717) is 4.47 Å². The molecule has 1 heterocycles. The smallest absolute Gasteiger partial charge is 0.293 e. The van der Waals surface area contributed by atoms with Crippen LogP contribution in [0.15, 0.2) is 40.0 Å². The molecular weight excluding hydrogens is 324 g/mol. The summed E-state index contributed by atoms with van der Waals surface area (Å²) in [6, 6.07) is 7.35. The third kappa shape index (κ3) is 3.45. The lowest BCUT2D eigenvalue weighted by atomic mass is 10.2. The fourth-order valence-electron chi connectivity index (χ4n) is 1.55. The molecule has 7 heteroatoms. The number of amides is 1.